The third-order valence-electron chi connectivity index (χ3n) is 4.21. The number of nitrogen functional groups attached to an aromatic ring is 1. The minimum absolute atomic E-state index is 0.0266. The molecule has 0 saturated carbocycles. The van der Waals surface area contributed by atoms with Crippen LogP contribution in [0.2, 0.25) is 0 Å². The Labute approximate surface area is 175 Å². The molecule has 0 saturated heterocycles. The first-order valence-corrected chi connectivity index (χ1v) is 9.01. The van der Waals surface area contributed by atoms with E-state index in [4.69, 9.17) is 15.4 Å². The van der Waals surface area contributed by atoms with Gasteiger partial charge in [0, 0.05) is 11.1 Å². The molecule has 0 aliphatic carbocycles. The van der Waals surface area contributed by atoms with Crippen molar-refractivity contribution in [2.45, 2.75) is 19.7 Å². The van der Waals surface area contributed by atoms with Crippen LogP contribution in [0, 0.1) is 0 Å². The Morgan fingerprint density at radius 3 is 2.58 bits per heavy atom. The van der Waals surface area contributed by atoms with Crippen molar-refractivity contribution in [2.75, 3.05) is 12.8 Å². The molecule has 0 aliphatic rings. The summed E-state index contributed by atoms with van der Waals surface area (Å²) in [6, 6.07) is 12.0. The lowest BCUT2D eigenvalue weighted by molar-refractivity contribution is -0.137. The van der Waals surface area contributed by atoms with Crippen molar-refractivity contribution >= 4 is 17.4 Å². The summed E-state index contributed by atoms with van der Waals surface area (Å²) < 4.78 is 38.7. The molecule has 1 heterocycles. The van der Waals surface area contributed by atoms with Crippen molar-refractivity contribution in [3.63, 3.8) is 0 Å². The topological polar surface area (TPSA) is 111 Å². The van der Waals surface area contributed by atoms with Gasteiger partial charge >= 0.3 is 6.18 Å². The summed E-state index contributed by atoms with van der Waals surface area (Å²) in [6.45, 7) is 1.59. The van der Waals surface area contributed by atoms with Crippen LogP contribution in [-0.2, 0) is 22.5 Å². The van der Waals surface area contributed by atoms with Crippen LogP contribution >= 0.6 is 0 Å². The molecule has 0 aliphatic heterocycles. The lowest BCUT2D eigenvalue weighted by Gasteiger charge is -2.10. The average Bonchev–Trinajstić information content (AvgIpc) is 3.18. The van der Waals surface area contributed by atoms with Gasteiger partial charge in [-0.1, -0.05) is 46.7 Å². The van der Waals surface area contributed by atoms with Gasteiger partial charge in [-0.3, -0.25) is 5.10 Å². The van der Waals surface area contributed by atoms with Crippen molar-refractivity contribution < 1.29 is 22.8 Å². The zero-order chi connectivity index (χ0) is 22.4. The molecule has 0 spiro atoms. The van der Waals surface area contributed by atoms with Crippen LogP contribution in [0.1, 0.15) is 35.0 Å². The summed E-state index contributed by atoms with van der Waals surface area (Å²) in [5.74, 6) is 0.351. The highest BCUT2D eigenvalue weighted by Crippen LogP contribution is 2.29. The van der Waals surface area contributed by atoms with Crippen LogP contribution in [-0.4, -0.2) is 33.7 Å². The monoisotopic (exact) mass is 432 g/mol. The molecule has 2 aromatic carbocycles. The fourth-order valence-corrected chi connectivity index (χ4v) is 2.74. The highest BCUT2D eigenvalue weighted by atomic mass is 19.4. The van der Waals surface area contributed by atoms with Crippen LogP contribution < -0.4 is 5.73 Å². The van der Waals surface area contributed by atoms with Crippen molar-refractivity contribution in [3.8, 4) is 0 Å². The molecule has 0 unspecified atom stereocenters. The second-order valence-electron chi connectivity index (χ2n) is 6.35. The highest BCUT2D eigenvalue weighted by Gasteiger charge is 2.30. The largest absolute Gasteiger partial charge is 0.416 e. The van der Waals surface area contributed by atoms with Crippen LogP contribution in [0.4, 0.5) is 19.1 Å². The molecule has 3 N–H and O–H groups in total. The zero-order valence-electron chi connectivity index (χ0n) is 16.6. The molecule has 31 heavy (non-hydrogen) atoms. The zero-order valence-corrected chi connectivity index (χ0v) is 16.6. The van der Waals surface area contributed by atoms with Gasteiger partial charge in [0.25, 0.3) is 0 Å². The van der Waals surface area contributed by atoms with Gasteiger partial charge in [0.1, 0.15) is 13.7 Å². The maximum Gasteiger partial charge on any atom is 0.416 e. The number of nitrogens with zero attached hydrogens (tertiary/aromatic N) is 4. The van der Waals surface area contributed by atoms with Crippen molar-refractivity contribution in [1.29, 1.82) is 0 Å². The quantitative estimate of drug-likeness (QED) is 0.436. The lowest BCUT2D eigenvalue weighted by atomic mass is 10.0. The molecule has 0 radical (unpaired) electrons. The predicted molar refractivity (Wildman–Crippen MR) is 108 cm³/mol. The number of benzene rings is 2. The maximum atomic E-state index is 12.9. The Morgan fingerprint density at radius 1 is 1.13 bits per heavy atom. The number of anilines is 1. The minimum atomic E-state index is -4.43. The predicted octanol–water partition coefficient (Wildman–Crippen LogP) is 3.75. The average molecular weight is 432 g/mol. The second kappa shape index (κ2) is 9.28. The molecular formula is C20H19F3N6O2. The van der Waals surface area contributed by atoms with E-state index in [1.165, 1.54) is 19.2 Å². The second-order valence-corrected chi connectivity index (χ2v) is 6.35. The van der Waals surface area contributed by atoms with E-state index in [0.29, 0.717) is 33.9 Å². The van der Waals surface area contributed by atoms with E-state index in [2.05, 4.69) is 25.5 Å². The van der Waals surface area contributed by atoms with Crippen LogP contribution in [0.25, 0.3) is 0 Å². The number of hydrogen-bond acceptors (Lipinski definition) is 7. The Kier molecular flexibility index (Phi) is 6.53. The van der Waals surface area contributed by atoms with Gasteiger partial charge in [0.2, 0.25) is 5.95 Å². The molecule has 0 fully saturated rings. The Hall–Kier alpha value is -3.89. The van der Waals surface area contributed by atoms with Crippen molar-refractivity contribution in [3.05, 3.63) is 76.6 Å². The molecule has 0 bridgehead atoms. The third kappa shape index (κ3) is 5.38. The van der Waals surface area contributed by atoms with Crippen molar-refractivity contribution in [2.24, 2.45) is 10.3 Å². The summed E-state index contributed by atoms with van der Waals surface area (Å²) in [4.78, 5) is 14.4. The first kappa shape index (κ1) is 21.8. The molecule has 3 aromatic rings. The van der Waals surface area contributed by atoms with Gasteiger partial charge < -0.3 is 15.4 Å². The molecule has 1 aromatic heterocycles. The van der Waals surface area contributed by atoms with Gasteiger partial charge in [0.15, 0.2) is 11.5 Å². The molecule has 0 amide bonds. The van der Waals surface area contributed by atoms with E-state index in [9.17, 15) is 13.2 Å². The number of halogens is 3. The SMILES string of the molecule is CON=C(c1nc(N)n[nH]1)c1ccccc1CON=C(C)c1cccc(C(F)(F)F)c1. The summed E-state index contributed by atoms with van der Waals surface area (Å²) in [5, 5.41) is 14.4. The van der Waals surface area contributed by atoms with E-state index in [1.54, 1.807) is 31.2 Å². The number of H-pyrrole nitrogens is 1. The van der Waals surface area contributed by atoms with Gasteiger partial charge in [-0.25, -0.2) is 0 Å². The Bertz CT molecular complexity index is 1110. The number of alkyl halides is 3. The standard InChI is InChI=1S/C20H19F3N6O2/c1-12(13-7-5-8-15(10-13)20(21,22)23)28-31-11-14-6-3-4-9-16(14)17(29-30-2)18-25-19(24)27-26-18/h3-10H,11H2,1-2H3,(H3,24,25,26,27). The number of nitrogens with two attached hydrogens (primary N) is 1. The van der Waals surface area contributed by atoms with Crippen LogP contribution in [0.5, 0.6) is 0 Å². The fraction of sp³-hybridized carbons (Fsp3) is 0.200. The smallest absolute Gasteiger partial charge is 0.399 e. The Balaban J connectivity index is 1.81. The first-order chi connectivity index (χ1) is 14.8. The summed E-state index contributed by atoms with van der Waals surface area (Å²) >= 11 is 0. The maximum absolute atomic E-state index is 12.9. The van der Waals surface area contributed by atoms with Crippen LogP contribution in [0.15, 0.2) is 58.8 Å². The molecule has 11 heteroatoms. The van der Waals surface area contributed by atoms with E-state index in [1.807, 2.05) is 0 Å². The Morgan fingerprint density at radius 2 is 1.90 bits per heavy atom. The van der Waals surface area contributed by atoms with Gasteiger partial charge in [-0.15, -0.1) is 5.10 Å². The number of hydrogen-bond donors (Lipinski definition) is 2. The number of aromatic nitrogens is 3. The van der Waals surface area contributed by atoms with E-state index >= 15 is 0 Å². The number of aromatic amines is 1. The minimum Gasteiger partial charge on any atom is -0.399 e. The molecule has 162 valence electrons. The number of rotatable bonds is 7. The summed E-state index contributed by atoms with van der Waals surface area (Å²) in [5.41, 5.74) is 7.10. The highest BCUT2D eigenvalue weighted by molar-refractivity contribution is 6.11. The number of nitrogens with one attached hydrogen (secondary N) is 1. The number of oxime groups is 2. The first-order valence-electron chi connectivity index (χ1n) is 9.01. The molecule has 3 rings (SSSR count). The molecular weight excluding hydrogens is 413 g/mol. The van der Waals surface area contributed by atoms with E-state index < -0.39 is 11.7 Å². The molecule has 8 nitrogen and oxygen atoms in total. The van der Waals surface area contributed by atoms with Crippen LogP contribution in [0.3, 0.4) is 0 Å². The van der Waals surface area contributed by atoms with Crippen molar-refractivity contribution in [1.82, 2.24) is 15.2 Å². The third-order valence-corrected chi connectivity index (χ3v) is 4.21. The summed E-state index contributed by atoms with van der Waals surface area (Å²) in [7, 11) is 1.39. The van der Waals surface area contributed by atoms with Gasteiger partial charge in [-0.2, -0.15) is 18.2 Å². The molecule has 0 atom stereocenters. The van der Waals surface area contributed by atoms with Gasteiger partial charge in [0.05, 0.1) is 11.3 Å². The van der Waals surface area contributed by atoms with E-state index in [-0.39, 0.29) is 12.6 Å². The summed E-state index contributed by atoms with van der Waals surface area (Å²) in [6.07, 6.45) is -4.43. The van der Waals surface area contributed by atoms with E-state index in [0.717, 1.165) is 12.1 Å². The van der Waals surface area contributed by atoms with Gasteiger partial charge in [-0.05, 0) is 24.6 Å². The normalized spacial score (nSPS) is 12.7. The fourth-order valence-electron chi connectivity index (χ4n) is 2.74. The lowest BCUT2D eigenvalue weighted by Crippen LogP contribution is -2.10.